The highest BCUT2D eigenvalue weighted by molar-refractivity contribution is 6.55. The lowest BCUT2D eigenvalue weighted by molar-refractivity contribution is -0.108. The number of benzene rings is 1. The molecule has 0 atom stereocenters. The van der Waals surface area contributed by atoms with Gasteiger partial charge in [0, 0.05) is 12.1 Å². The van der Waals surface area contributed by atoms with Crippen LogP contribution in [0.5, 0.6) is 5.75 Å². The SMILES string of the molecule is CBc1cc(OC)cc2c1ccc(=O)n2CC=O. The maximum Gasteiger partial charge on any atom is 0.251 e. The second-order valence-corrected chi connectivity index (χ2v) is 4.02. The Labute approximate surface area is 105 Å². The minimum Gasteiger partial charge on any atom is -0.497 e. The van der Waals surface area contributed by atoms with Gasteiger partial charge in [0.15, 0.2) is 7.28 Å². The molecule has 0 radical (unpaired) electrons. The van der Waals surface area contributed by atoms with Gasteiger partial charge in [-0.1, -0.05) is 12.3 Å². The number of pyridine rings is 1. The van der Waals surface area contributed by atoms with E-state index in [1.54, 1.807) is 19.2 Å². The van der Waals surface area contributed by atoms with E-state index in [-0.39, 0.29) is 12.1 Å². The lowest BCUT2D eigenvalue weighted by atomic mass is 9.71. The summed E-state index contributed by atoms with van der Waals surface area (Å²) in [5.74, 6) is 0.699. The molecule has 0 aliphatic carbocycles. The van der Waals surface area contributed by atoms with Gasteiger partial charge in [-0.3, -0.25) is 4.79 Å². The second kappa shape index (κ2) is 5.08. The van der Waals surface area contributed by atoms with Gasteiger partial charge in [-0.05, 0) is 17.5 Å². The van der Waals surface area contributed by atoms with Crippen LogP contribution < -0.4 is 15.8 Å². The van der Waals surface area contributed by atoms with E-state index >= 15 is 0 Å². The first-order valence-electron chi connectivity index (χ1n) is 5.85. The number of hydrogen-bond acceptors (Lipinski definition) is 3. The molecule has 5 heteroatoms. The molecule has 4 nitrogen and oxygen atoms in total. The predicted octanol–water partition coefficient (Wildman–Crippen LogP) is 0.319. The average Bonchev–Trinajstić information content (AvgIpc) is 2.40. The summed E-state index contributed by atoms with van der Waals surface area (Å²) in [7, 11) is 2.43. The van der Waals surface area contributed by atoms with E-state index in [4.69, 9.17) is 4.74 Å². The molecule has 0 amide bonds. The first-order valence-corrected chi connectivity index (χ1v) is 5.85. The third kappa shape index (κ3) is 2.03. The Morgan fingerprint density at radius 1 is 1.39 bits per heavy atom. The number of aldehydes is 1. The van der Waals surface area contributed by atoms with Crippen molar-refractivity contribution in [3.63, 3.8) is 0 Å². The van der Waals surface area contributed by atoms with E-state index in [2.05, 4.69) is 0 Å². The molecule has 0 saturated carbocycles. The molecule has 92 valence electrons. The van der Waals surface area contributed by atoms with Gasteiger partial charge in [0.2, 0.25) is 0 Å². The minimum absolute atomic E-state index is 0.0620. The molecule has 0 unspecified atom stereocenters. The fourth-order valence-electron chi connectivity index (χ4n) is 2.12. The monoisotopic (exact) mass is 243 g/mol. The van der Waals surface area contributed by atoms with Crippen molar-refractivity contribution in [1.29, 1.82) is 0 Å². The highest BCUT2D eigenvalue weighted by Gasteiger charge is 2.08. The zero-order chi connectivity index (χ0) is 13.1. The molecule has 0 N–H and O–H groups in total. The Kier molecular flexibility index (Phi) is 3.51. The summed E-state index contributed by atoms with van der Waals surface area (Å²) in [6.07, 6.45) is 0.728. The second-order valence-electron chi connectivity index (χ2n) is 4.02. The number of carbonyl (C=O) groups excluding carboxylic acids is 1. The molecule has 2 aromatic rings. The Balaban J connectivity index is 2.85. The third-order valence-electron chi connectivity index (χ3n) is 3.04. The van der Waals surface area contributed by atoms with Gasteiger partial charge in [0.1, 0.15) is 12.0 Å². The first-order chi connectivity index (χ1) is 8.71. The van der Waals surface area contributed by atoms with Crippen LogP contribution in [-0.2, 0) is 11.3 Å². The standard InChI is InChI=1S/C13H14BNO3/c1-14-11-7-9(18-2)8-12-10(11)3-4-13(17)15(12)5-6-16/h3-4,6-8,14H,5H2,1-2H3. The predicted molar refractivity (Wildman–Crippen MR) is 73.5 cm³/mol. The minimum atomic E-state index is -0.176. The molecular formula is C13H14BNO3. The number of aromatic nitrogens is 1. The molecule has 0 aliphatic rings. The number of nitrogens with zero attached hydrogens (tertiary/aromatic N) is 1. The summed E-state index contributed by atoms with van der Waals surface area (Å²) in [5.41, 5.74) is 1.67. The van der Waals surface area contributed by atoms with E-state index in [0.717, 1.165) is 29.9 Å². The maximum absolute atomic E-state index is 11.8. The molecule has 1 aromatic carbocycles. The number of fused-ring (bicyclic) bond motifs is 1. The molecule has 0 aliphatic heterocycles. The van der Waals surface area contributed by atoms with Crippen LogP contribution in [0.2, 0.25) is 6.82 Å². The van der Waals surface area contributed by atoms with Crippen LogP contribution in [-0.4, -0.2) is 25.2 Å². The van der Waals surface area contributed by atoms with Crippen molar-refractivity contribution in [1.82, 2.24) is 4.57 Å². The van der Waals surface area contributed by atoms with Crippen molar-refractivity contribution in [3.8, 4) is 5.75 Å². The molecule has 0 spiro atoms. The largest absolute Gasteiger partial charge is 0.497 e. The molecular weight excluding hydrogens is 229 g/mol. The van der Waals surface area contributed by atoms with Gasteiger partial charge < -0.3 is 14.1 Å². The molecule has 0 fully saturated rings. The quantitative estimate of drug-likeness (QED) is 0.574. The summed E-state index contributed by atoms with van der Waals surface area (Å²) in [4.78, 5) is 22.5. The zero-order valence-electron chi connectivity index (χ0n) is 10.5. The van der Waals surface area contributed by atoms with Gasteiger partial charge in [0.05, 0.1) is 19.2 Å². The Hall–Kier alpha value is -2.04. The third-order valence-corrected chi connectivity index (χ3v) is 3.04. The van der Waals surface area contributed by atoms with Crippen LogP contribution in [0.15, 0.2) is 29.1 Å². The van der Waals surface area contributed by atoms with Crippen LogP contribution in [0.4, 0.5) is 0 Å². The van der Waals surface area contributed by atoms with Crippen molar-refractivity contribution < 1.29 is 9.53 Å². The van der Waals surface area contributed by atoms with Crippen molar-refractivity contribution in [2.45, 2.75) is 13.4 Å². The summed E-state index contributed by atoms with van der Waals surface area (Å²) in [5, 5.41) is 0.986. The van der Waals surface area contributed by atoms with Crippen LogP contribution in [0.25, 0.3) is 10.9 Å². The van der Waals surface area contributed by atoms with Crippen molar-refractivity contribution >= 4 is 29.9 Å². The summed E-state index contributed by atoms with van der Waals surface area (Å²) in [6.45, 7) is 2.11. The summed E-state index contributed by atoms with van der Waals surface area (Å²) < 4.78 is 6.70. The number of hydrogen-bond donors (Lipinski definition) is 0. The van der Waals surface area contributed by atoms with Crippen LogP contribution in [0, 0.1) is 0 Å². The van der Waals surface area contributed by atoms with E-state index in [1.165, 1.54) is 10.6 Å². The summed E-state index contributed by atoms with van der Waals surface area (Å²) in [6, 6.07) is 7.05. The average molecular weight is 243 g/mol. The van der Waals surface area contributed by atoms with Crippen molar-refractivity contribution in [2.75, 3.05) is 7.11 Å². The van der Waals surface area contributed by atoms with E-state index in [9.17, 15) is 9.59 Å². The van der Waals surface area contributed by atoms with Crippen molar-refractivity contribution in [3.05, 3.63) is 34.6 Å². The Morgan fingerprint density at radius 2 is 2.17 bits per heavy atom. The van der Waals surface area contributed by atoms with Crippen molar-refractivity contribution in [2.24, 2.45) is 0 Å². The number of carbonyl (C=O) groups is 1. The van der Waals surface area contributed by atoms with E-state index < -0.39 is 0 Å². The number of rotatable bonds is 4. The molecule has 0 bridgehead atoms. The van der Waals surface area contributed by atoms with E-state index in [0.29, 0.717) is 5.75 Å². The lowest BCUT2D eigenvalue weighted by Crippen LogP contribution is -2.23. The van der Waals surface area contributed by atoms with Crippen LogP contribution in [0.1, 0.15) is 0 Å². The smallest absolute Gasteiger partial charge is 0.251 e. The molecule has 1 aromatic heterocycles. The van der Waals surface area contributed by atoms with Gasteiger partial charge in [0.25, 0.3) is 5.56 Å². The molecule has 18 heavy (non-hydrogen) atoms. The van der Waals surface area contributed by atoms with Gasteiger partial charge in [-0.25, -0.2) is 0 Å². The van der Waals surface area contributed by atoms with Crippen LogP contribution in [0.3, 0.4) is 0 Å². The Bertz CT molecular complexity index is 648. The lowest BCUT2D eigenvalue weighted by Gasteiger charge is -2.12. The molecule has 1 heterocycles. The number of methoxy groups -OCH3 is 1. The molecule has 2 rings (SSSR count). The van der Waals surface area contributed by atoms with Gasteiger partial charge in [-0.2, -0.15) is 0 Å². The fraction of sp³-hybridized carbons (Fsp3) is 0.231. The maximum atomic E-state index is 11.8. The highest BCUT2D eigenvalue weighted by Crippen LogP contribution is 2.17. The number of ether oxygens (including phenoxy) is 1. The van der Waals surface area contributed by atoms with Gasteiger partial charge in [-0.15, -0.1) is 0 Å². The van der Waals surface area contributed by atoms with E-state index in [1.807, 2.05) is 12.9 Å². The topological polar surface area (TPSA) is 48.3 Å². The van der Waals surface area contributed by atoms with Crippen LogP contribution >= 0.6 is 0 Å². The highest BCUT2D eigenvalue weighted by atomic mass is 16.5. The summed E-state index contributed by atoms with van der Waals surface area (Å²) >= 11 is 0. The molecule has 0 saturated heterocycles. The zero-order valence-corrected chi connectivity index (χ0v) is 10.5. The fourth-order valence-corrected chi connectivity index (χ4v) is 2.12. The normalized spacial score (nSPS) is 10.3. The first kappa shape index (κ1) is 12.4. The van der Waals surface area contributed by atoms with Gasteiger partial charge >= 0.3 is 0 Å². The Morgan fingerprint density at radius 3 is 2.78 bits per heavy atom.